The van der Waals surface area contributed by atoms with Crippen molar-refractivity contribution in [1.29, 1.82) is 0 Å². The Labute approximate surface area is 232 Å². The Balaban J connectivity index is 1.31. The van der Waals surface area contributed by atoms with E-state index >= 15 is 0 Å². The molecule has 1 aromatic carbocycles. The summed E-state index contributed by atoms with van der Waals surface area (Å²) in [6.45, 7) is 5.24. The first kappa shape index (κ1) is 28.3. The Morgan fingerprint density at radius 3 is 2.37 bits per heavy atom. The molecule has 0 aliphatic carbocycles. The van der Waals surface area contributed by atoms with E-state index in [-0.39, 0.29) is 72.2 Å². The topological polar surface area (TPSA) is 92.1 Å². The molecule has 0 spiro atoms. The summed E-state index contributed by atoms with van der Waals surface area (Å²) in [5.41, 5.74) is 1.07. The molecule has 0 bridgehead atoms. The smallest absolute Gasteiger partial charge is 0.336 e. The molecule has 4 heterocycles. The molecule has 4 aromatic rings. The molecule has 1 saturated heterocycles. The number of pyridine rings is 1. The van der Waals surface area contributed by atoms with Crippen molar-refractivity contribution >= 4 is 28.7 Å². The number of piperazine rings is 1. The van der Waals surface area contributed by atoms with Gasteiger partial charge in [-0.1, -0.05) is 0 Å². The van der Waals surface area contributed by atoms with Crippen LogP contribution in [0.15, 0.2) is 36.7 Å². The van der Waals surface area contributed by atoms with E-state index in [0.717, 1.165) is 6.20 Å². The number of anilines is 2. The van der Waals surface area contributed by atoms with Crippen molar-refractivity contribution in [3.63, 3.8) is 0 Å². The van der Waals surface area contributed by atoms with Crippen LogP contribution in [-0.4, -0.2) is 79.1 Å². The lowest BCUT2D eigenvalue weighted by atomic mass is 10.1. The van der Waals surface area contributed by atoms with Crippen LogP contribution in [0.5, 0.6) is 0 Å². The minimum Gasteiger partial charge on any atom is -0.336 e. The second-order valence-electron chi connectivity index (χ2n) is 10.1. The average Bonchev–Trinajstić information content (AvgIpc) is 3.26. The molecule has 0 radical (unpaired) electrons. The number of fused-ring (bicyclic) bond motifs is 1. The summed E-state index contributed by atoms with van der Waals surface area (Å²) in [5, 5.41) is 2.85. The predicted octanol–water partition coefficient (Wildman–Crippen LogP) is 5.12. The molecule has 5 rings (SSSR count). The maximum atomic E-state index is 14.9. The summed E-state index contributed by atoms with van der Waals surface area (Å²) < 4.78 is 69.4. The number of halogens is 5. The first-order valence-corrected chi connectivity index (χ1v) is 12.9. The van der Waals surface area contributed by atoms with Crippen LogP contribution in [0, 0.1) is 18.6 Å². The molecule has 3 aromatic heterocycles. The number of carbonyl (C=O) groups excluding carboxylic acids is 1. The summed E-state index contributed by atoms with van der Waals surface area (Å²) in [4.78, 5) is 32.2. The van der Waals surface area contributed by atoms with Crippen LogP contribution in [0.2, 0.25) is 0 Å². The number of amides is 1. The molecule has 41 heavy (non-hydrogen) atoms. The fourth-order valence-corrected chi connectivity index (χ4v) is 4.94. The van der Waals surface area contributed by atoms with Gasteiger partial charge in [0, 0.05) is 44.0 Å². The normalized spacial score (nSPS) is 14.7. The largest absolute Gasteiger partial charge is 0.401 e. The van der Waals surface area contributed by atoms with E-state index in [1.807, 2.05) is 18.4 Å². The number of imidazole rings is 1. The zero-order valence-electron chi connectivity index (χ0n) is 22.5. The number of nitrogens with one attached hydrogen (secondary N) is 1. The van der Waals surface area contributed by atoms with E-state index in [2.05, 4.69) is 25.3 Å². The maximum absolute atomic E-state index is 14.9. The van der Waals surface area contributed by atoms with E-state index in [9.17, 15) is 26.7 Å². The van der Waals surface area contributed by atoms with E-state index in [4.69, 9.17) is 0 Å². The van der Waals surface area contributed by atoms with Gasteiger partial charge in [0.05, 0.1) is 23.8 Å². The summed E-state index contributed by atoms with van der Waals surface area (Å²) in [7, 11) is 0. The molecule has 1 aliphatic rings. The standard InChI is InChI=1S/C27H27F5N8O/c1-15(2)40-16(3)35-24-19(28)10-18(11-21(24)40)23-20(29)13-34-26(37-23)36-22-5-4-17(12-33-22)25(41)39-8-6-38(7-9-39)14-27(30,31)32/h4-5,10-13,15H,6-9,14H2,1-3H3,(H,33,34,36,37). The number of hydrogen-bond acceptors (Lipinski definition) is 7. The highest BCUT2D eigenvalue weighted by Crippen LogP contribution is 2.30. The molecule has 0 atom stereocenters. The maximum Gasteiger partial charge on any atom is 0.401 e. The van der Waals surface area contributed by atoms with Gasteiger partial charge in [0.25, 0.3) is 5.91 Å². The van der Waals surface area contributed by atoms with Crippen molar-refractivity contribution in [1.82, 2.24) is 34.3 Å². The Morgan fingerprint density at radius 1 is 1.00 bits per heavy atom. The second-order valence-corrected chi connectivity index (χ2v) is 10.1. The van der Waals surface area contributed by atoms with Gasteiger partial charge < -0.3 is 14.8 Å². The molecular formula is C27H27F5N8O. The first-order chi connectivity index (χ1) is 19.4. The van der Waals surface area contributed by atoms with Crippen LogP contribution in [0.3, 0.4) is 0 Å². The summed E-state index contributed by atoms with van der Waals surface area (Å²) >= 11 is 0. The highest BCUT2D eigenvalue weighted by atomic mass is 19.4. The third kappa shape index (κ3) is 6.11. The number of rotatable bonds is 6. The molecule has 1 N–H and O–H groups in total. The summed E-state index contributed by atoms with van der Waals surface area (Å²) in [6.07, 6.45) is -1.99. The van der Waals surface area contributed by atoms with Crippen molar-refractivity contribution in [2.75, 3.05) is 38.0 Å². The van der Waals surface area contributed by atoms with Crippen LogP contribution in [0.25, 0.3) is 22.3 Å². The number of aryl methyl sites for hydroxylation is 1. The highest BCUT2D eigenvalue weighted by molar-refractivity contribution is 5.94. The fourth-order valence-electron chi connectivity index (χ4n) is 4.94. The summed E-state index contributed by atoms with van der Waals surface area (Å²) in [5.74, 6) is -0.785. The number of nitrogens with zero attached hydrogens (tertiary/aromatic N) is 7. The van der Waals surface area contributed by atoms with Gasteiger partial charge in [0.2, 0.25) is 5.95 Å². The molecule has 1 fully saturated rings. The second kappa shape index (κ2) is 11.0. The SMILES string of the molecule is Cc1nc2c(F)cc(-c3nc(Nc4ccc(C(=O)N5CCN(CC(F)(F)F)CC5)cn4)ncc3F)cc2n1C(C)C. The lowest BCUT2D eigenvalue weighted by Gasteiger charge is -2.35. The van der Waals surface area contributed by atoms with Gasteiger partial charge in [0.1, 0.15) is 22.9 Å². The fraction of sp³-hybridized carbons (Fsp3) is 0.370. The number of benzene rings is 1. The Kier molecular flexibility index (Phi) is 7.60. The zero-order valence-corrected chi connectivity index (χ0v) is 22.5. The van der Waals surface area contributed by atoms with Gasteiger partial charge >= 0.3 is 6.18 Å². The van der Waals surface area contributed by atoms with Crippen molar-refractivity contribution < 1.29 is 26.7 Å². The van der Waals surface area contributed by atoms with Gasteiger partial charge in [-0.25, -0.2) is 28.7 Å². The van der Waals surface area contributed by atoms with Crippen molar-refractivity contribution in [3.05, 3.63) is 59.7 Å². The summed E-state index contributed by atoms with van der Waals surface area (Å²) in [6, 6.07) is 5.84. The average molecular weight is 575 g/mol. The lowest BCUT2D eigenvalue weighted by molar-refractivity contribution is -0.148. The van der Waals surface area contributed by atoms with Crippen molar-refractivity contribution in [3.8, 4) is 11.3 Å². The number of aromatic nitrogens is 5. The van der Waals surface area contributed by atoms with Gasteiger partial charge in [-0.2, -0.15) is 13.2 Å². The number of alkyl halides is 3. The minimum atomic E-state index is -4.28. The Morgan fingerprint density at radius 2 is 1.73 bits per heavy atom. The Bertz CT molecular complexity index is 1580. The molecule has 1 amide bonds. The van der Waals surface area contributed by atoms with Crippen LogP contribution in [-0.2, 0) is 0 Å². The lowest BCUT2D eigenvalue weighted by Crippen LogP contribution is -2.50. The molecule has 9 nitrogen and oxygen atoms in total. The third-order valence-electron chi connectivity index (χ3n) is 6.77. The van der Waals surface area contributed by atoms with E-state index < -0.39 is 24.4 Å². The first-order valence-electron chi connectivity index (χ1n) is 12.9. The quantitative estimate of drug-likeness (QED) is 0.320. The molecule has 14 heteroatoms. The van der Waals surface area contributed by atoms with Gasteiger partial charge in [-0.05, 0) is 45.0 Å². The Hall–Kier alpha value is -4.20. The van der Waals surface area contributed by atoms with Crippen LogP contribution < -0.4 is 5.32 Å². The van der Waals surface area contributed by atoms with Crippen LogP contribution in [0.4, 0.5) is 33.7 Å². The molecular weight excluding hydrogens is 547 g/mol. The number of hydrogen-bond donors (Lipinski definition) is 1. The monoisotopic (exact) mass is 574 g/mol. The minimum absolute atomic E-state index is 0.00189. The molecule has 1 aliphatic heterocycles. The predicted molar refractivity (Wildman–Crippen MR) is 142 cm³/mol. The van der Waals surface area contributed by atoms with Crippen molar-refractivity contribution in [2.24, 2.45) is 0 Å². The van der Waals surface area contributed by atoms with E-state index in [1.54, 1.807) is 13.0 Å². The van der Waals surface area contributed by atoms with E-state index in [0.29, 0.717) is 11.3 Å². The molecule has 0 saturated carbocycles. The van der Waals surface area contributed by atoms with Gasteiger partial charge in [-0.3, -0.25) is 9.69 Å². The van der Waals surface area contributed by atoms with Gasteiger partial charge in [-0.15, -0.1) is 0 Å². The van der Waals surface area contributed by atoms with Crippen LogP contribution in [0.1, 0.15) is 36.1 Å². The van der Waals surface area contributed by atoms with Gasteiger partial charge in [0.15, 0.2) is 11.6 Å². The number of carbonyl (C=O) groups is 1. The molecule has 216 valence electrons. The zero-order chi connectivity index (χ0) is 29.5. The van der Waals surface area contributed by atoms with Crippen molar-refractivity contribution in [2.45, 2.75) is 33.0 Å². The highest BCUT2D eigenvalue weighted by Gasteiger charge is 2.33. The van der Waals surface area contributed by atoms with Crippen LogP contribution >= 0.6 is 0 Å². The van der Waals surface area contributed by atoms with E-state index in [1.165, 1.54) is 34.2 Å². The molecule has 0 unspecified atom stereocenters. The third-order valence-corrected chi connectivity index (χ3v) is 6.77.